The average molecular weight is 443 g/mol. The summed E-state index contributed by atoms with van der Waals surface area (Å²) in [5, 5.41) is 12.3. The van der Waals surface area contributed by atoms with Crippen LogP contribution < -0.4 is 16.0 Å². The lowest BCUT2D eigenvalue weighted by Crippen LogP contribution is -2.37. The smallest absolute Gasteiger partial charge is 0.299 e. The molecule has 1 aliphatic heterocycles. The van der Waals surface area contributed by atoms with Crippen LogP contribution in [-0.2, 0) is 16.0 Å². The third-order valence-electron chi connectivity index (χ3n) is 6.55. The molecule has 4 rings (SSSR count). The number of nitrogens with one attached hydrogen (secondary N) is 1. The Kier molecular flexibility index (Phi) is 6.12. The monoisotopic (exact) mass is 442 g/mol. The minimum absolute atomic E-state index is 0.0792. The van der Waals surface area contributed by atoms with Gasteiger partial charge in [-0.2, -0.15) is 5.26 Å². The minimum atomic E-state index is -0.666. The Hall–Kier alpha value is -3.76. The number of hydrogen-bond acceptors (Lipinski definition) is 5. The van der Waals surface area contributed by atoms with E-state index in [9.17, 15) is 19.6 Å². The number of benzene rings is 2. The molecule has 0 aromatic heterocycles. The van der Waals surface area contributed by atoms with E-state index in [0.717, 1.165) is 36.0 Å². The zero-order valence-electron chi connectivity index (χ0n) is 18.5. The molecule has 1 heterocycles. The largest absolute Gasteiger partial charge is 0.336 e. The maximum absolute atomic E-state index is 12.5. The van der Waals surface area contributed by atoms with E-state index in [1.807, 2.05) is 36.4 Å². The van der Waals surface area contributed by atoms with Crippen LogP contribution in [-0.4, -0.2) is 36.7 Å². The van der Waals surface area contributed by atoms with Crippen molar-refractivity contribution in [1.29, 1.82) is 5.26 Å². The third-order valence-corrected chi connectivity index (χ3v) is 6.55. The Bertz CT molecular complexity index is 1180. The van der Waals surface area contributed by atoms with Gasteiger partial charge in [-0.1, -0.05) is 36.9 Å². The highest BCUT2D eigenvalue weighted by Crippen LogP contribution is 2.33. The highest BCUT2D eigenvalue weighted by Gasteiger charge is 2.33. The first-order valence-corrected chi connectivity index (χ1v) is 11.0. The number of amides is 2. The van der Waals surface area contributed by atoms with Crippen LogP contribution in [0.3, 0.4) is 0 Å². The molecule has 3 atom stereocenters. The van der Waals surface area contributed by atoms with Gasteiger partial charge in [0.1, 0.15) is 6.04 Å². The summed E-state index contributed by atoms with van der Waals surface area (Å²) in [7, 11) is 1.59. The Balaban J connectivity index is 1.42. The number of hydrogen-bond donors (Lipinski definition) is 2. The first-order valence-electron chi connectivity index (χ1n) is 11.0. The van der Waals surface area contributed by atoms with Gasteiger partial charge in [-0.25, -0.2) is 0 Å². The number of fused-ring (bicyclic) bond motifs is 1. The van der Waals surface area contributed by atoms with Gasteiger partial charge in [0.2, 0.25) is 5.91 Å². The summed E-state index contributed by atoms with van der Waals surface area (Å²) in [5.74, 6) is -1.22. The summed E-state index contributed by atoms with van der Waals surface area (Å²) in [4.78, 5) is 37.8. The number of likely N-dealkylation sites (N-methyl/N-ethyl adjacent to an activating group) is 1. The van der Waals surface area contributed by atoms with Gasteiger partial charge in [-0.3, -0.25) is 14.4 Å². The van der Waals surface area contributed by atoms with Crippen molar-refractivity contribution >= 4 is 23.3 Å². The molecule has 2 amide bonds. The van der Waals surface area contributed by atoms with Crippen molar-refractivity contribution in [3.63, 3.8) is 0 Å². The normalized spacial score (nSPS) is 20.3. The van der Waals surface area contributed by atoms with Gasteiger partial charge in [0, 0.05) is 25.1 Å². The SMILES string of the molecule is C=C(C(=O)NC(C#N)Cc1ccc(-c2ccc3c(c2)N(C)C(=O)C3=O)cc1)C1CCC(N)C1. The molecule has 168 valence electrons. The number of rotatable bonds is 6. The summed E-state index contributed by atoms with van der Waals surface area (Å²) in [6.07, 6.45) is 2.87. The van der Waals surface area contributed by atoms with E-state index in [4.69, 9.17) is 5.73 Å². The molecule has 2 aromatic rings. The molecule has 0 bridgehead atoms. The molecule has 1 fully saturated rings. The second kappa shape index (κ2) is 9.00. The number of nitrogens with zero attached hydrogens (tertiary/aromatic N) is 2. The van der Waals surface area contributed by atoms with Crippen LogP contribution in [0.5, 0.6) is 0 Å². The van der Waals surface area contributed by atoms with Crippen LogP contribution in [0.2, 0.25) is 0 Å². The van der Waals surface area contributed by atoms with Gasteiger partial charge in [0.05, 0.1) is 17.3 Å². The Morgan fingerprint density at radius 1 is 1.21 bits per heavy atom. The molecule has 3 unspecified atom stereocenters. The number of carbonyl (C=O) groups excluding carboxylic acids is 3. The maximum Gasteiger partial charge on any atom is 0.299 e. The fourth-order valence-electron chi connectivity index (χ4n) is 4.52. The second-order valence-corrected chi connectivity index (χ2v) is 8.78. The summed E-state index contributed by atoms with van der Waals surface area (Å²) in [6.45, 7) is 3.93. The van der Waals surface area contributed by atoms with Gasteiger partial charge in [-0.15, -0.1) is 0 Å². The van der Waals surface area contributed by atoms with Gasteiger partial charge < -0.3 is 16.0 Å². The van der Waals surface area contributed by atoms with Crippen molar-refractivity contribution in [2.45, 2.75) is 37.8 Å². The van der Waals surface area contributed by atoms with E-state index >= 15 is 0 Å². The summed E-state index contributed by atoms with van der Waals surface area (Å²) >= 11 is 0. The molecule has 7 heteroatoms. The molecule has 33 heavy (non-hydrogen) atoms. The number of nitriles is 1. The van der Waals surface area contributed by atoms with Crippen LogP contribution in [0.4, 0.5) is 5.69 Å². The number of ketones is 1. The fourth-order valence-corrected chi connectivity index (χ4v) is 4.52. The van der Waals surface area contributed by atoms with Gasteiger partial charge >= 0.3 is 0 Å². The molecule has 1 saturated carbocycles. The van der Waals surface area contributed by atoms with E-state index in [2.05, 4.69) is 18.0 Å². The highest BCUT2D eigenvalue weighted by atomic mass is 16.2. The summed E-state index contributed by atoms with van der Waals surface area (Å²) < 4.78 is 0. The topological polar surface area (TPSA) is 116 Å². The van der Waals surface area contributed by atoms with Crippen LogP contribution in [0, 0.1) is 17.2 Å². The van der Waals surface area contributed by atoms with E-state index in [1.54, 1.807) is 13.1 Å². The van der Waals surface area contributed by atoms with Crippen molar-refractivity contribution in [3.8, 4) is 17.2 Å². The Morgan fingerprint density at radius 3 is 2.55 bits per heavy atom. The van der Waals surface area contributed by atoms with Crippen molar-refractivity contribution in [2.75, 3.05) is 11.9 Å². The molecule has 0 spiro atoms. The number of anilines is 1. The van der Waals surface area contributed by atoms with Gasteiger partial charge in [0.25, 0.3) is 11.7 Å². The lowest BCUT2D eigenvalue weighted by molar-refractivity contribution is -0.118. The van der Waals surface area contributed by atoms with Gasteiger partial charge in [-0.05, 0) is 54.0 Å². The molecular weight excluding hydrogens is 416 g/mol. The standard InChI is InChI=1S/C26H26N4O3/c1-15(18-7-9-20(28)12-18)25(32)29-21(14-27)11-16-3-5-17(6-4-16)19-8-10-22-23(13-19)30(2)26(33)24(22)31/h3-6,8,10,13,18,20-21H,1,7,9,11-12,28H2,2H3,(H,29,32). The van der Waals surface area contributed by atoms with E-state index < -0.39 is 17.7 Å². The second-order valence-electron chi connectivity index (χ2n) is 8.78. The molecule has 0 saturated heterocycles. The fraction of sp³-hybridized carbons (Fsp3) is 0.308. The van der Waals surface area contributed by atoms with Gasteiger partial charge in [0.15, 0.2) is 0 Å². The predicted octanol–water partition coefficient (Wildman–Crippen LogP) is 2.75. The predicted molar refractivity (Wildman–Crippen MR) is 125 cm³/mol. The lowest BCUT2D eigenvalue weighted by Gasteiger charge is -2.17. The molecular formula is C26H26N4O3. The molecule has 2 aromatic carbocycles. The molecule has 0 radical (unpaired) electrons. The average Bonchev–Trinajstić information content (AvgIpc) is 3.35. The molecule has 7 nitrogen and oxygen atoms in total. The minimum Gasteiger partial charge on any atom is -0.336 e. The zero-order chi connectivity index (χ0) is 23.7. The molecule has 3 N–H and O–H groups in total. The lowest BCUT2D eigenvalue weighted by atomic mass is 9.97. The van der Waals surface area contributed by atoms with Crippen LogP contribution >= 0.6 is 0 Å². The Morgan fingerprint density at radius 2 is 1.91 bits per heavy atom. The van der Waals surface area contributed by atoms with Crippen molar-refractivity contribution in [3.05, 3.63) is 65.7 Å². The summed E-state index contributed by atoms with van der Waals surface area (Å²) in [5.41, 5.74) is 10.2. The van der Waals surface area contributed by atoms with E-state index in [-0.39, 0.29) is 17.9 Å². The number of carbonyl (C=O) groups is 3. The van der Waals surface area contributed by atoms with E-state index in [0.29, 0.717) is 23.2 Å². The molecule has 2 aliphatic rings. The summed E-state index contributed by atoms with van der Waals surface area (Å²) in [6, 6.07) is 14.6. The molecule has 1 aliphatic carbocycles. The first kappa shape index (κ1) is 22.4. The van der Waals surface area contributed by atoms with Crippen molar-refractivity contribution < 1.29 is 14.4 Å². The van der Waals surface area contributed by atoms with Crippen LogP contribution in [0.15, 0.2) is 54.6 Å². The van der Waals surface area contributed by atoms with Crippen molar-refractivity contribution in [2.24, 2.45) is 11.7 Å². The van der Waals surface area contributed by atoms with Crippen molar-refractivity contribution in [1.82, 2.24) is 5.32 Å². The zero-order valence-corrected chi connectivity index (χ0v) is 18.5. The maximum atomic E-state index is 12.5. The van der Waals surface area contributed by atoms with Crippen LogP contribution in [0.25, 0.3) is 11.1 Å². The number of nitrogens with two attached hydrogens (primary N) is 1. The Labute approximate surface area is 192 Å². The first-order chi connectivity index (χ1) is 15.8. The number of Topliss-reactive ketones (excluding diaryl/α,β-unsaturated/α-hetero) is 1. The highest BCUT2D eigenvalue weighted by molar-refractivity contribution is 6.52. The quantitative estimate of drug-likeness (QED) is 0.527. The van der Waals surface area contributed by atoms with E-state index in [1.165, 1.54) is 4.90 Å². The van der Waals surface area contributed by atoms with Crippen LogP contribution in [0.1, 0.15) is 35.2 Å². The third kappa shape index (κ3) is 4.43.